The van der Waals surface area contributed by atoms with Crippen molar-refractivity contribution in [2.45, 2.75) is 38.0 Å². The molecule has 2 nitrogen and oxygen atoms in total. The van der Waals surface area contributed by atoms with Crippen LogP contribution in [0.25, 0.3) is 0 Å². The van der Waals surface area contributed by atoms with Crippen molar-refractivity contribution >= 4 is 33.4 Å². The van der Waals surface area contributed by atoms with Gasteiger partial charge in [0.05, 0.1) is 5.69 Å². The number of rotatable bonds is 2. The van der Waals surface area contributed by atoms with Crippen LogP contribution in [0.1, 0.15) is 38.8 Å². The molecule has 0 aromatic heterocycles. The Hall–Kier alpha value is -0.190. The van der Waals surface area contributed by atoms with E-state index in [9.17, 15) is 0 Å². The molecule has 1 fully saturated rings. The first-order valence-corrected chi connectivity index (χ1v) is 8.61. The highest BCUT2D eigenvalue weighted by Gasteiger charge is 2.24. The van der Waals surface area contributed by atoms with Gasteiger partial charge in [0, 0.05) is 34.1 Å². The van der Waals surface area contributed by atoms with Gasteiger partial charge in [-0.1, -0.05) is 19.9 Å². The molecule has 0 unspecified atom stereocenters. The van der Waals surface area contributed by atoms with Crippen LogP contribution in [0.4, 0.5) is 5.69 Å². The van der Waals surface area contributed by atoms with Gasteiger partial charge < -0.3 is 10.6 Å². The Balaban J connectivity index is 2.18. The molecule has 1 atom stereocenters. The lowest BCUT2D eigenvalue weighted by Crippen LogP contribution is -2.27. The van der Waals surface area contributed by atoms with Crippen LogP contribution in [0.3, 0.4) is 0 Å². The van der Waals surface area contributed by atoms with E-state index in [0.717, 1.165) is 17.6 Å². The number of thioether (sulfide) groups is 1. The van der Waals surface area contributed by atoms with Crippen LogP contribution in [0, 0.1) is 0 Å². The summed E-state index contributed by atoms with van der Waals surface area (Å²) in [7, 11) is 0. The largest absolute Gasteiger partial charge is 0.370 e. The highest BCUT2D eigenvalue weighted by atomic mass is 79.9. The third kappa shape index (κ3) is 3.89. The summed E-state index contributed by atoms with van der Waals surface area (Å²) in [5.41, 5.74) is 8.41. The third-order valence-electron chi connectivity index (χ3n) is 3.68. The summed E-state index contributed by atoms with van der Waals surface area (Å²) in [6.07, 6.45) is 1.22. The maximum absolute atomic E-state index is 5.93. The molecule has 2 rings (SSSR count). The molecule has 0 saturated carbocycles. The first-order chi connectivity index (χ1) is 8.89. The summed E-state index contributed by atoms with van der Waals surface area (Å²) >= 11 is 5.78. The Bertz CT molecular complexity index is 446. The zero-order valence-electron chi connectivity index (χ0n) is 11.9. The summed E-state index contributed by atoms with van der Waals surface area (Å²) in [4.78, 5) is 2.48. The van der Waals surface area contributed by atoms with Gasteiger partial charge in [0.1, 0.15) is 0 Å². The first kappa shape index (κ1) is 15.2. The quantitative estimate of drug-likeness (QED) is 0.873. The van der Waals surface area contributed by atoms with E-state index >= 15 is 0 Å². The minimum Gasteiger partial charge on any atom is -0.370 e. The van der Waals surface area contributed by atoms with Gasteiger partial charge in [-0.2, -0.15) is 11.8 Å². The van der Waals surface area contributed by atoms with Crippen LogP contribution < -0.4 is 10.6 Å². The molecule has 1 aromatic carbocycles. The van der Waals surface area contributed by atoms with Gasteiger partial charge in [0.2, 0.25) is 0 Å². The molecule has 4 heteroatoms. The summed E-state index contributed by atoms with van der Waals surface area (Å²) < 4.78 is 1.56. The normalized spacial score (nSPS) is 21.0. The molecule has 2 N–H and O–H groups in total. The number of nitrogens with zero attached hydrogens (tertiary/aromatic N) is 1. The fourth-order valence-electron chi connectivity index (χ4n) is 2.32. The fraction of sp³-hybridized carbons (Fsp3) is 0.600. The number of halogens is 1. The lowest BCUT2D eigenvalue weighted by Gasteiger charge is -2.25. The van der Waals surface area contributed by atoms with Crippen molar-refractivity contribution in [1.82, 2.24) is 0 Å². The van der Waals surface area contributed by atoms with E-state index in [1.165, 1.54) is 23.4 Å². The smallest absolute Gasteiger partial charge is 0.0511 e. The zero-order chi connectivity index (χ0) is 14.0. The predicted octanol–water partition coefficient (Wildman–Crippen LogP) is 4.19. The van der Waals surface area contributed by atoms with Crippen molar-refractivity contribution in [3.63, 3.8) is 0 Å². The number of hydrogen-bond donors (Lipinski definition) is 1. The van der Waals surface area contributed by atoms with Crippen molar-refractivity contribution < 1.29 is 0 Å². The summed E-state index contributed by atoms with van der Waals surface area (Å²) in [6.45, 7) is 8.94. The minimum atomic E-state index is 0.0870. The molecule has 1 aromatic rings. The molecule has 0 bridgehead atoms. The second kappa shape index (κ2) is 6.06. The Morgan fingerprint density at radius 1 is 1.37 bits per heavy atom. The van der Waals surface area contributed by atoms with Crippen LogP contribution in [-0.4, -0.2) is 23.6 Å². The third-order valence-corrected chi connectivity index (χ3v) is 5.68. The van der Waals surface area contributed by atoms with Gasteiger partial charge in [0.25, 0.3) is 0 Å². The van der Waals surface area contributed by atoms with Crippen molar-refractivity contribution in [3.05, 3.63) is 28.2 Å². The average molecular weight is 343 g/mol. The summed E-state index contributed by atoms with van der Waals surface area (Å²) in [6, 6.07) is 6.59. The molecular weight excluding hydrogens is 320 g/mol. The van der Waals surface area contributed by atoms with E-state index in [1.54, 1.807) is 0 Å². The second-order valence-corrected chi connectivity index (χ2v) is 8.50. The van der Waals surface area contributed by atoms with Gasteiger partial charge in [-0.05, 0) is 47.0 Å². The lowest BCUT2D eigenvalue weighted by atomic mass is 10.1. The van der Waals surface area contributed by atoms with Gasteiger partial charge in [-0.25, -0.2) is 0 Å². The van der Waals surface area contributed by atoms with Crippen molar-refractivity contribution in [1.29, 1.82) is 0 Å². The van der Waals surface area contributed by atoms with Crippen LogP contribution in [0.5, 0.6) is 0 Å². The van der Waals surface area contributed by atoms with E-state index in [1.807, 2.05) is 6.92 Å². The molecule has 1 saturated heterocycles. The zero-order valence-corrected chi connectivity index (χ0v) is 14.4. The average Bonchev–Trinajstić information content (AvgIpc) is 2.50. The lowest BCUT2D eigenvalue weighted by molar-refractivity contribution is 0.637. The molecule has 1 aliphatic heterocycles. The minimum absolute atomic E-state index is 0.0870. The standard InChI is InChI=1S/C15H23BrN2S/c1-11(17)12-4-5-14(13(16)10-12)18-7-6-15(2,3)19-9-8-18/h4-5,10-11H,6-9,17H2,1-3H3/t11-/m1/s1. The molecule has 0 amide bonds. The van der Waals surface area contributed by atoms with E-state index in [2.05, 4.69) is 64.6 Å². The van der Waals surface area contributed by atoms with Crippen LogP contribution in [0.2, 0.25) is 0 Å². The van der Waals surface area contributed by atoms with E-state index in [4.69, 9.17) is 5.73 Å². The Kier molecular flexibility index (Phi) is 4.85. The maximum atomic E-state index is 5.93. The van der Waals surface area contributed by atoms with Gasteiger partial charge in [0.15, 0.2) is 0 Å². The Labute approximate surface area is 129 Å². The second-order valence-electron chi connectivity index (χ2n) is 5.84. The van der Waals surface area contributed by atoms with Crippen LogP contribution >= 0.6 is 27.7 Å². The molecule has 1 aliphatic rings. The van der Waals surface area contributed by atoms with Gasteiger partial charge >= 0.3 is 0 Å². The van der Waals surface area contributed by atoms with Crippen molar-refractivity contribution in [2.75, 3.05) is 23.7 Å². The number of anilines is 1. The van der Waals surface area contributed by atoms with Crippen LogP contribution in [0.15, 0.2) is 22.7 Å². The van der Waals surface area contributed by atoms with Crippen molar-refractivity contribution in [2.24, 2.45) is 5.73 Å². The highest BCUT2D eigenvalue weighted by Crippen LogP contribution is 2.35. The molecule has 106 valence electrons. The molecule has 19 heavy (non-hydrogen) atoms. The molecule has 0 spiro atoms. The van der Waals surface area contributed by atoms with E-state index in [-0.39, 0.29) is 6.04 Å². The van der Waals surface area contributed by atoms with Crippen LogP contribution in [-0.2, 0) is 0 Å². The molecular formula is C15H23BrN2S. The van der Waals surface area contributed by atoms with Gasteiger partial charge in [-0.15, -0.1) is 0 Å². The first-order valence-electron chi connectivity index (χ1n) is 6.83. The number of benzene rings is 1. The number of hydrogen-bond acceptors (Lipinski definition) is 3. The van der Waals surface area contributed by atoms with E-state index < -0.39 is 0 Å². The SMILES string of the molecule is C[C@@H](N)c1ccc(N2CCSC(C)(C)CC2)c(Br)c1. The maximum Gasteiger partial charge on any atom is 0.0511 e. The predicted molar refractivity (Wildman–Crippen MR) is 90.1 cm³/mol. The van der Waals surface area contributed by atoms with Crippen molar-refractivity contribution in [3.8, 4) is 0 Å². The Morgan fingerprint density at radius 3 is 2.74 bits per heavy atom. The fourth-order valence-corrected chi connectivity index (χ4v) is 4.07. The van der Waals surface area contributed by atoms with Gasteiger partial charge in [-0.3, -0.25) is 0 Å². The summed E-state index contributed by atoms with van der Waals surface area (Å²) in [5, 5.41) is 0. The number of nitrogens with two attached hydrogens (primary N) is 1. The summed E-state index contributed by atoms with van der Waals surface area (Å²) in [5.74, 6) is 1.19. The topological polar surface area (TPSA) is 29.3 Å². The molecule has 0 radical (unpaired) electrons. The highest BCUT2D eigenvalue weighted by molar-refractivity contribution is 9.10. The molecule has 0 aliphatic carbocycles. The molecule has 1 heterocycles. The Morgan fingerprint density at radius 2 is 2.11 bits per heavy atom. The van der Waals surface area contributed by atoms with E-state index in [0.29, 0.717) is 4.75 Å². The monoisotopic (exact) mass is 342 g/mol.